The van der Waals surface area contributed by atoms with Gasteiger partial charge in [-0.2, -0.15) is 0 Å². The molecule has 0 bridgehead atoms. The number of anilines is 1. The highest BCUT2D eigenvalue weighted by Crippen LogP contribution is 2.30. The van der Waals surface area contributed by atoms with Gasteiger partial charge in [-0.05, 0) is 59.7 Å². The zero-order valence-electron chi connectivity index (χ0n) is 18.3. The van der Waals surface area contributed by atoms with Crippen LogP contribution in [0, 0.1) is 29.1 Å². The van der Waals surface area contributed by atoms with Crippen molar-refractivity contribution in [1.29, 1.82) is 0 Å². The Morgan fingerprint density at radius 2 is 1.33 bits per heavy atom. The highest BCUT2D eigenvalue weighted by atomic mass is 19.1. The van der Waals surface area contributed by atoms with E-state index in [0.29, 0.717) is 17.7 Å². The summed E-state index contributed by atoms with van der Waals surface area (Å²) in [5, 5.41) is 2.26. The van der Waals surface area contributed by atoms with Crippen molar-refractivity contribution in [2.45, 2.75) is 6.42 Å². The first-order valence-corrected chi connectivity index (χ1v) is 10.5. The van der Waals surface area contributed by atoms with E-state index < -0.39 is 41.0 Å². The minimum absolute atomic E-state index is 0.0393. The molecule has 36 heavy (non-hydrogen) atoms. The second kappa shape index (κ2) is 10.4. The summed E-state index contributed by atoms with van der Waals surface area (Å²) >= 11 is 0. The predicted molar refractivity (Wildman–Crippen MR) is 122 cm³/mol. The van der Waals surface area contributed by atoms with Crippen molar-refractivity contribution in [1.82, 2.24) is 0 Å². The van der Waals surface area contributed by atoms with Crippen molar-refractivity contribution in [2.24, 2.45) is 0 Å². The maximum Gasteiger partial charge on any atom is 0.315 e. The molecule has 0 radical (unpaired) electrons. The van der Waals surface area contributed by atoms with Crippen LogP contribution < -0.4 is 10.1 Å². The summed E-state index contributed by atoms with van der Waals surface area (Å²) in [6, 6.07) is 14.3. The molecule has 4 rings (SSSR count). The Hall–Kier alpha value is -4.53. The second-order valence-electron chi connectivity index (χ2n) is 7.69. The lowest BCUT2D eigenvalue weighted by Crippen LogP contribution is -2.18. The SMILES string of the molecule is O=C(Cc1ccc(F)cc1)Oc1ccc(-c2ccc(F)cc2F)cc1C(=O)Nc1ccc(F)cc1F. The van der Waals surface area contributed by atoms with Crippen LogP contribution in [0.2, 0.25) is 0 Å². The summed E-state index contributed by atoms with van der Waals surface area (Å²) < 4.78 is 73.5. The minimum atomic E-state index is -1.04. The van der Waals surface area contributed by atoms with Gasteiger partial charge in [0.25, 0.3) is 5.91 Å². The Kier molecular flexibility index (Phi) is 7.10. The number of ether oxygens (including phenoxy) is 1. The number of benzene rings is 4. The van der Waals surface area contributed by atoms with E-state index in [9.17, 15) is 31.5 Å². The Labute approximate surface area is 202 Å². The molecular formula is C27H16F5NO3. The van der Waals surface area contributed by atoms with Gasteiger partial charge in [0.2, 0.25) is 0 Å². The topological polar surface area (TPSA) is 55.4 Å². The number of amides is 1. The van der Waals surface area contributed by atoms with Gasteiger partial charge >= 0.3 is 5.97 Å². The molecule has 0 saturated heterocycles. The summed E-state index contributed by atoms with van der Waals surface area (Å²) in [5.41, 5.74) is -0.0558. The van der Waals surface area contributed by atoms with E-state index >= 15 is 0 Å². The number of halogens is 5. The molecule has 0 unspecified atom stereocenters. The van der Waals surface area contributed by atoms with Crippen LogP contribution in [0.3, 0.4) is 0 Å². The molecule has 0 spiro atoms. The van der Waals surface area contributed by atoms with Gasteiger partial charge in [0.1, 0.15) is 34.8 Å². The van der Waals surface area contributed by atoms with Crippen molar-refractivity contribution in [2.75, 3.05) is 5.32 Å². The quantitative estimate of drug-likeness (QED) is 0.189. The first-order chi connectivity index (χ1) is 17.2. The van der Waals surface area contributed by atoms with Gasteiger partial charge in [-0.3, -0.25) is 9.59 Å². The van der Waals surface area contributed by atoms with E-state index in [2.05, 4.69) is 5.32 Å². The number of nitrogens with one attached hydrogen (secondary N) is 1. The van der Waals surface area contributed by atoms with Crippen molar-refractivity contribution >= 4 is 17.6 Å². The smallest absolute Gasteiger partial charge is 0.315 e. The van der Waals surface area contributed by atoms with Crippen molar-refractivity contribution in [3.63, 3.8) is 0 Å². The first kappa shape index (κ1) is 24.6. The largest absolute Gasteiger partial charge is 0.425 e. The molecule has 0 atom stereocenters. The third-order valence-corrected chi connectivity index (χ3v) is 5.13. The van der Waals surface area contributed by atoms with Crippen molar-refractivity contribution < 1.29 is 36.3 Å². The fraction of sp³-hybridized carbons (Fsp3) is 0.0370. The lowest BCUT2D eigenvalue weighted by Gasteiger charge is -2.14. The summed E-state index contributed by atoms with van der Waals surface area (Å²) in [7, 11) is 0. The zero-order chi connectivity index (χ0) is 25.8. The maximum absolute atomic E-state index is 14.4. The lowest BCUT2D eigenvalue weighted by molar-refractivity contribution is -0.133. The van der Waals surface area contributed by atoms with Gasteiger partial charge in [-0.25, -0.2) is 22.0 Å². The molecule has 9 heteroatoms. The molecule has 0 saturated carbocycles. The lowest BCUT2D eigenvalue weighted by atomic mass is 10.0. The summed E-state index contributed by atoms with van der Waals surface area (Å²) in [6.45, 7) is 0. The molecule has 182 valence electrons. The highest BCUT2D eigenvalue weighted by Gasteiger charge is 2.20. The Bertz CT molecular complexity index is 1450. The van der Waals surface area contributed by atoms with Gasteiger partial charge in [0.15, 0.2) is 0 Å². The third-order valence-electron chi connectivity index (χ3n) is 5.13. The number of esters is 1. The molecule has 0 fully saturated rings. The van der Waals surface area contributed by atoms with Crippen LogP contribution in [0.25, 0.3) is 11.1 Å². The monoisotopic (exact) mass is 497 g/mol. The predicted octanol–water partition coefficient (Wildman–Crippen LogP) is 6.45. The molecule has 0 aromatic heterocycles. The van der Waals surface area contributed by atoms with Gasteiger partial charge in [-0.1, -0.05) is 18.2 Å². The second-order valence-corrected chi connectivity index (χ2v) is 7.69. The molecule has 4 aromatic carbocycles. The fourth-order valence-electron chi connectivity index (χ4n) is 3.40. The van der Waals surface area contributed by atoms with Crippen LogP contribution >= 0.6 is 0 Å². The van der Waals surface area contributed by atoms with E-state index in [1.54, 1.807) is 0 Å². The average Bonchev–Trinajstić information content (AvgIpc) is 2.83. The van der Waals surface area contributed by atoms with E-state index in [0.717, 1.165) is 18.2 Å². The van der Waals surface area contributed by atoms with Gasteiger partial charge in [0, 0.05) is 17.7 Å². The Balaban J connectivity index is 1.67. The number of hydrogen-bond acceptors (Lipinski definition) is 3. The molecule has 1 N–H and O–H groups in total. The fourth-order valence-corrected chi connectivity index (χ4v) is 3.40. The van der Waals surface area contributed by atoms with Crippen LogP contribution in [-0.4, -0.2) is 11.9 Å². The highest BCUT2D eigenvalue weighted by molar-refractivity contribution is 6.07. The van der Waals surface area contributed by atoms with E-state index in [1.807, 2.05) is 0 Å². The van der Waals surface area contributed by atoms with Gasteiger partial charge < -0.3 is 10.1 Å². The zero-order valence-corrected chi connectivity index (χ0v) is 18.3. The molecule has 1 amide bonds. The molecular weight excluding hydrogens is 481 g/mol. The normalized spacial score (nSPS) is 10.7. The van der Waals surface area contributed by atoms with Crippen LogP contribution in [0.15, 0.2) is 78.9 Å². The van der Waals surface area contributed by atoms with Crippen LogP contribution in [0.5, 0.6) is 5.75 Å². The molecule has 4 nitrogen and oxygen atoms in total. The maximum atomic E-state index is 14.4. The molecule has 4 aromatic rings. The number of carbonyl (C=O) groups excluding carboxylic acids is 2. The Morgan fingerprint density at radius 1 is 0.694 bits per heavy atom. The standard InChI is InChI=1S/C27H16F5NO3/c28-17-4-1-15(2-5-17)11-26(34)36-25-10-3-16(20-8-6-18(29)13-22(20)31)12-21(25)27(35)33-24-9-7-19(30)14-23(24)32/h1-10,12-14H,11H2,(H,33,35). The van der Waals surface area contributed by atoms with Crippen LogP contribution in [-0.2, 0) is 11.2 Å². The van der Waals surface area contributed by atoms with Gasteiger partial charge in [0.05, 0.1) is 17.7 Å². The summed E-state index contributed by atoms with van der Waals surface area (Å²) in [6.07, 6.45) is -0.248. The van der Waals surface area contributed by atoms with Crippen molar-refractivity contribution in [3.05, 3.63) is 119 Å². The molecule has 0 aliphatic rings. The molecule has 0 heterocycles. The molecule has 0 aliphatic heterocycles. The number of rotatable bonds is 6. The minimum Gasteiger partial charge on any atom is -0.425 e. The third kappa shape index (κ3) is 5.75. The number of carbonyl (C=O) groups is 2. The molecule has 0 aliphatic carbocycles. The van der Waals surface area contributed by atoms with E-state index in [4.69, 9.17) is 4.74 Å². The summed E-state index contributed by atoms with van der Waals surface area (Å²) in [5.74, 6) is -6.03. The van der Waals surface area contributed by atoms with E-state index in [-0.39, 0.29) is 34.5 Å². The number of hydrogen-bond donors (Lipinski definition) is 1. The van der Waals surface area contributed by atoms with Crippen molar-refractivity contribution in [3.8, 4) is 16.9 Å². The van der Waals surface area contributed by atoms with E-state index in [1.165, 1.54) is 48.5 Å². The van der Waals surface area contributed by atoms with Gasteiger partial charge in [-0.15, -0.1) is 0 Å². The summed E-state index contributed by atoms with van der Waals surface area (Å²) in [4.78, 5) is 25.5. The Morgan fingerprint density at radius 3 is 2.00 bits per heavy atom. The van der Waals surface area contributed by atoms with Crippen LogP contribution in [0.4, 0.5) is 27.6 Å². The first-order valence-electron chi connectivity index (χ1n) is 10.5. The van der Waals surface area contributed by atoms with Crippen LogP contribution in [0.1, 0.15) is 15.9 Å². The average molecular weight is 497 g/mol.